The largest absolute Gasteiger partial charge is 0.462 e. The molecular formula is C21H23N3O6. The minimum Gasteiger partial charge on any atom is -0.462 e. The van der Waals surface area contributed by atoms with E-state index in [0.717, 1.165) is 29.1 Å². The van der Waals surface area contributed by atoms with Gasteiger partial charge in [-0.2, -0.15) is 0 Å². The van der Waals surface area contributed by atoms with Crippen molar-refractivity contribution in [2.75, 3.05) is 19.7 Å². The highest BCUT2D eigenvalue weighted by Gasteiger charge is 2.55. The first-order chi connectivity index (χ1) is 14.3. The Morgan fingerprint density at radius 2 is 1.77 bits per heavy atom. The number of rotatable bonds is 5. The second-order valence-electron chi connectivity index (χ2n) is 7.97. The van der Waals surface area contributed by atoms with E-state index < -0.39 is 41.8 Å². The summed E-state index contributed by atoms with van der Waals surface area (Å²) in [6, 6.07) is 5.89. The van der Waals surface area contributed by atoms with Gasteiger partial charge in [0.1, 0.15) is 18.7 Å². The number of urea groups is 1. The normalized spacial score (nSPS) is 25.7. The molecule has 0 unspecified atom stereocenters. The zero-order chi connectivity index (χ0) is 21.5. The lowest BCUT2D eigenvalue weighted by Gasteiger charge is -2.36. The second-order valence-corrected chi connectivity index (χ2v) is 7.97. The Bertz CT molecular complexity index is 909. The molecule has 0 aromatic heterocycles. The van der Waals surface area contributed by atoms with E-state index in [1.807, 2.05) is 6.92 Å². The predicted octanol–water partition coefficient (Wildman–Crippen LogP) is 1.33. The van der Waals surface area contributed by atoms with Crippen LogP contribution in [0.3, 0.4) is 0 Å². The SMILES string of the molecule is C[C@@H]1CCCC[C@@]12NC(=O)N(CC(=O)OCCN1C(=O)c3ccccc3C1=O)C2=O. The molecule has 1 saturated carbocycles. The highest BCUT2D eigenvalue weighted by molar-refractivity contribution is 6.21. The van der Waals surface area contributed by atoms with Gasteiger partial charge in [-0.15, -0.1) is 0 Å². The van der Waals surface area contributed by atoms with Gasteiger partial charge >= 0.3 is 12.0 Å². The summed E-state index contributed by atoms with van der Waals surface area (Å²) in [4.78, 5) is 63.9. The number of carbonyl (C=O) groups excluding carboxylic acids is 5. The summed E-state index contributed by atoms with van der Waals surface area (Å²) in [6.45, 7) is 1.12. The van der Waals surface area contributed by atoms with E-state index in [1.54, 1.807) is 24.3 Å². The Hall–Kier alpha value is -3.23. The summed E-state index contributed by atoms with van der Waals surface area (Å²) in [5, 5.41) is 2.78. The van der Waals surface area contributed by atoms with E-state index in [2.05, 4.69) is 5.32 Å². The van der Waals surface area contributed by atoms with Crippen LogP contribution in [0, 0.1) is 5.92 Å². The van der Waals surface area contributed by atoms with E-state index >= 15 is 0 Å². The molecule has 9 nitrogen and oxygen atoms in total. The number of fused-ring (bicyclic) bond motifs is 1. The van der Waals surface area contributed by atoms with Gasteiger partial charge in [0.2, 0.25) is 0 Å². The third-order valence-corrected chi connectivity index (χ3v) is 6.24. The van der Waals surface area contributed by atoms with Crippen LogP contribution < -0.4 is 5.32 Å². The quantitative estimate of drug-likeness (QED) is 0.443. The summed E-state index contributed by atoms with van der Waals surface area (Å²) in [6.07, 6.45) is 3.25. The fourth-order valence-electron chi connectivity index (χ4n) is 4.51. The molecule has 0 radical (unpaired) electrons. The zero-order valence-corrected chi connectivity index (χ0v) is 16.7. The third kappa shape index (κ3) is 3.14. The zero-order valence-electron chi connectivity index (χ0n) is 16.7. The van der Waals surface area contributed by atoms with Crippen LogP contribution in [0.15, 0.2) is 24.3 Å². The lowest BCUT2D eigenvalue weighted by molar-refractivity contribution is -0.148. The van der Waals surface area contributed by atoms with Crippen LogP contribution in [0.1, 0.15) is 53.3 Å². The van der Waals surface area contributed by atoms with E-state index in [-0.39, 0.29) is 19.1 Å². The molecule has 1 spiro atoms. The molecule has 2 aliphatic heterocycles. The summed E-state index contributed by atoms with van der Waals surface area (Å²) >= 11 is 0. The van der Waals surface area contributed by atoms with Crippen LogP contribution in [0.5, 0.6) is 0 Å². The standard InChI is InChI=1S/C21H23N3O6/c1-13-6-4-5-9-21(13)19(28)24(20(29)22-21)12-16(25)30-11-10-23-17(26)14-7-2-3-8-15(14)18(23)27/h2-3,7-8,13H,4-6,9-12H2,1H3,(H,22,29)/t13-,21-/m1/s1. The molecule has 1 aliphatic carbocycles. The topological polar surface area (TPSA) is 113 Å². The minimum absolute atomic E-state index is 0.00227. The number of nitrogens with zero attached hydrogens (tertiary/aromatic N) is 2. The Labute approximate surface area is 173 Å². The van der Waals surface area contributed by atoms with Gasteiger partial charge in [-0.05, 0) is 30.9 Å². The molecule has 30 heavy (non-hydrogen) atoms. The molecule has 1 aromatic rings. The fourth-order valence-corrected chi connectivity index (χ4v) is 4.51. The van der Waals surface area contributed by atoms with Crippen molar-refractivity contribution in [2.24, 2.45) is 5.92 Å². The minimum atomic E-state index is -0.935. The van der Waals surface area contributed by atoms with Gasteiger partial charge in [-0.1, -0.05) is 31.9 Å². The number of hydrogen-bond acceptors (Lipinski definition) is 6. The van der Waals surface area contributed by atoms with Crippen LogP contribution in [-0.4, -0.2) is 64.8 Å². The van der Waals surface area contributed by atoms with Crippen LogP contribution in [-0.2, 0) is 14.3 Å². The third-order valence-electron chi connectivity index (χ3n) is 6.24. The predicted molar refractivity (Wildman–Crippen MR) is 103 cm³/mol. The molecule has 4 rings (SSSR count). The average Bonchev–Trinajstić information content (AvgIpc) is 3.11. The maximum atomic E-state index is 12.9. The van der Waals surface area contributed by atoms with E-state index in [9.17, 15) is 24.0 Å². The van der Waals surface area contributed by atoms with Crippen molar-refractivity contribution >= 4 is 29.7 Å². The number of esters is 1. The number of nitrogens with one attached hydrogen (secondary N) is 1. The lowest BCUT2D eigenvalue weighted by Crippen LogP contribution is -2.54. The maximum Gasteiger partial charge on any atom is 0.326 e. The fraction of sp³-hybridized carbons (Fsp3) is 0.476. The molecule has 158 valence electrons. The summed E-state index contributed by atoms with van der Waals surface area (Å²) in [5.41, 5.74) is -0.296. The molecule has 5 amide bonds. The highest BCUT2D eigenvalue weighted by atomic mass is 16.5. The first-order valence-electron chi connectivity index (χ1n) is 10.1. The van der Waals surface area contributed by atoms with Gasteiger partial charge in [0, 0.05) is 0 Å². The Balaban J connectivity index is 1.32. The van der Waals surface area contributed by atoms with Crippen molar-refractivity contribution in [1.29, 1.82) is 0 Å². The number of amides is 5. The van der Waals surface area contributed by atoms with Crippen LogP contribution in [0.4, 0.5) is 4.79 Å². The lowest BCUT2D eigenvalue weighted by atomic mass is 9.73. The van der Waals surface area contributed by atoms with Gasteiger partial charge in [-0.25, -0.2) is 4.79 Å². The molecule has 2 heterocycles. The number of benzene rings is 1. The van der Waals surface area contributed by atoms with E-state index in [1.165, 1.54) is 0 Å². The summed E-state index contributed by atoms with van der Waals surface area (Å²) in [5.74, 6) is -2.03. The van der Waals surface area contributed by atoms with Crippen molar-refractivity contribution in [3.05, 3.63) is 35.4 Å². The van der Waals surface area contributed by atoms with E-state index in [0.29, 0.717) is 17.5 Å². The Kier molecular flexibility index (Phi) is 5.05. The smallest absolute Gasteiger partial charge is 0.326 e. The molecule has 2 atom stereocenters. The van der Waals surface area contributed by atoms with Gasteiger partial charge < -0.3 is 10.1 Å². The number of carbonyl (C=O) groups is 5. The molecule has 2 fully saturated rings. The van der Waals surface area contributed by atoms with Crippen LogP contribution in [0.25, 0.3) is 0 Å². The summed E-state index contributed by atoms with van der Waals surface area (Å²) < 4.78 is 5.10. The molecule has 3 aliphatic rings. The number of ether oxygens (including phenoxy) is 1. The van der Waals surface area contributed by atoms with Gasteiger partial charge in [0.05, 0.1) is 17.7 Å². The molecular weight excluding hydrogens is 390 g/mol. The van der Waals surface area contributed by atoms with Gasteiger partial charge in [0.25, 0.3) is 17.7 Å². The van der Waals surface area contributed by atoms with Crippen molar-refractivity contribution in [3.63, 3.8) is 0 Å². The van der Waals surface area contributed by atoms with Crippen LogP contribution in [0.2, 0.25) is 0 Å². The first-order valence-corrected chi connectivity index (χ1v) is 10.1. The second kappa shape index (κ2) is 7.55. The molecule has 1 aromatic carbocycles. The maximum absolute atomic E-state index is 12.9. The average molecular weight is 413 g/mol. The molecule has 1 N–H and O–H groups in total. The van der Waals surface area contributed by atoms with Crippen molar-refractivity contribution in [1.82, 2.24) is 15.1 Å². The number of hydrogen-bond donors (Lipinski definition) is 1. The summed E-state index contributed by atoms with van der Waals surface area (Å²) in [7, 11) is 0. The molecule has 1 saturated heterocycles. The van der Waals surface area contributed by atoms with Crippen molar-refractivity contribution in [2.45, 2.75) is 38.1 Å². The van der Waals surface area contributed by atoms with Crippen molar-refractivity contribution in [3.8, 4) is 0 Å². The number of imide groups is 2. The highest BCUT2D eigenvalue weighted by Crippen LogP contribution is 2.38. The Morgan fingerprint density at radius 3 is 2.40 bits per heavy atom. The first kappa shape index (κ1) is 20.1. The van der Waals surface area contributed by atoms with E-state index in [4.69, 9.17) is 4.74 Å². The van der Waals surface area contributed by atoms with Gasteiger partial charge in [0.15, 0.2) is 0 Å². The Morgan fingerprint density at radius 1 is 1.10 bits per heavy atom. The molecule has 9 heteroatoms. The van der Waals surface area contributed by atoms with Gasteiger partial charge in [-0.3, -0.25) is 29.0 Å². The van der Waals surface area contributed by atoms with Crippen LogP contribution >= 0.6 is 0 Å². The molecule has 0 bridgehead atoms. The monoisotopic (exact) mass is 413 g/mol. The van der Waals surface area contributed by atoms with Crippen molar-refractivity contribution < 1.29 is 28.7 Å².